The van der Waals surface area contributed by atoms with Crippen molar-refractivity contribution < 1.29 is 32.5 Å². The molecule has 12 heteroatoms. The van der Waals surface area contributed by atoms with Crippen molar-refractivity contribution in [3.8, 4) is 16.9 Å². The van der Waals surface area contributed by atoms with Gasteiger partial charge in [0.25, 0.3) is 0 Å². The highest BCUT2D eigenvalue weighted by molar-refractivity contribution is 7.81. The average molecular weight is 554 g/mol. The van der Waals surface area contributed by atoms with Crippen LogP contribution in [0.15, 0.2) is 48.8 Å². The van der Waals surface area contributed by atoms with Gasteiger partial charge in [0.05, 0.1) is 24.7 Å². The number of nitrogens with two attached hydrogens (primary N) is 1. The van der Waals surface area contributed by atoms with Crippen molar-refractivity contribution in [2.24, 2.45) is 0 Å². The number of halogens is 4. The Morgan fingerprint density at radius 2 is 1.92 bits per heavy atom. The summed E-state index contributed by atoms with van der Waals surface area (Å²) in [5.41, 5.74) is 7.03. The van der Waals surface area contributed by atoms with Crippen LogP contribution < -0.4 is 10.5 Å². The molecule has 3 N–H and O–H groups in total. The van der Waals surface area contributed by atoms with E-state index in [2.05, 4.69) is 22.6 Å². The Hall–Kier alpha value is -2.57. The van der Waals surface area contributed by atoms with Crippen molar-refractivity contribution in [1.82, 2.24) is 9.97 Å². The first-order valence-corrected chi connectivity index (χ1v) is 12.2. The zero-order chi connectivity index (χ0) is 26.5. The number of fused-ring (bicyclic) bond motifs is 1. The molecule has 1 aromatic carbocycles. The lowest BCUT2D eigenvalue weighted by molar-refractivity contribution is -0.138. The van der Waals surface area contributed by atoms with Gasteiger partial charge in [-0.2, -0.15) is 13.2 Å². The maximum atomic E-state index is 13.5. The van der Waals surface area contributed by atoms with Crippen LogP contribution in [0.1, 0.15) is 35.8 Å². The molecule has 2 aromatic heterocycles. The molecule has 2 aliphatic rings. The van der Waals surface area contributed by atoms with E-state index in [1.165, 1.54) is 25.3 Å². The van der Waals surface area contributed by atoms with Gasteiger partial charge in [-0.25, -0.2) is 4.98 Å². The number of rotatable bonds is 5. The van der Waals surface area contributed by atoms with Gasteiger partial charge in [0, 0.05) is 39.8 Å². The highest BCUT2D eigenvalue weighted by Crippen LogP contribution is 2.47. The molecule has 0 spiro atoms. The van der Waals surface area contributed by atoms with Crippen LogP contribution in [0.3, 0.4) is 0 Å². The van der Waals surface area contributed by atoms with Gasteiger partial charge >= 0.3 is 6.18 Å². The molecular weight excluding hydrogens is 531 g/mol. The van der Waals surface area contributed by atoms with Crippen LogP contribution in [0.25, 0.3) is 11.1 Å². The van der Waals surface area contributed by atoms with Gasteiger partial charge < -0.3 is 25.1 Å². The summed E-state index contributed by atoms with van der Waals surface area (Å²) in [5.74, 6) is -0.0472. The minimum absolute atomic E-state index is 0.0286. The van der Waals surface area contributed by atoms with E-state index in [9.17, 15) is 18.3 Å². The van der Waals surface area contributed by atoms with Crippen molar-refractivity contribution in [1.29, 1.82) is 0 Å². The van der Waals surface area contributed by atoms with Crippen molar-refractivity contribution >= 4 is 30.0 Å². The number of hydrogen-bond donors (Lipinski definition) is 3. The van der Waals surface area contributed by atoms with Crippen LogP contribution in [-0.2, 0) is 15.7 Å². The second-order valence-corrected chi connectivity index (χ2v) is 10.1. The number of benzene rings is 1. The summed E-state index contributed by atoms with van der Waals surface area (Å²) in [4.78, 5) is 7.63. The lowest BCUT2D eigenvalue weighted by Gasteiger charge is -2.24. The van der Waals surface area contributed by atoms with Gasteiger partial charge in [-0.3, -0.25) is 4.98 Å². The van der Waals surface area contributed by atoms with E-state index in [1.807, 2.05) is 12.1 Å². The molecule has 0 radical (unpaired) electrons. The quantitative estimate of drug-likeness (QED) is 0.381. The second kappa shape index (κ2) is 9.63. The molecular formula is C25H23ClF3N3O4S. The minimum Gasteiger partial charge on any atom is -0.482 e. The Labute approximate surface area is 221 Å². The Balaban J connectivity index is 1.37. The predicted molar refractivity (Wildman–Crippen MR) is 134 cm³/mol. The Morgan fingerprint density at radius 1 is 1.16 bits per heavy atom. The normalized spacial score (nSPS) is 26.2. The maximum Gasteiger partial charge on any atom is 0.416 e. The molecule has 3 aromatic rings. The van der Waals surface area contributed by atoms with Gasteiger partial charge in [-0.05, 0) is 37.3 Å². The number of hydrogen-bond acceptors (Lipinski definition) is 8. The number of aliphatic hydroxyl groups excluding tert-OH is 1. The van der Waals surface area contributed by atoms with Gasteiger partial charge in [0.15, 0.2) is 16.5 Å². The maximum absolute atomic E-state index is 13.5. The monoisotopic (exact) mass is 553 g/mol. The molecule has 0 bridgehead atoms. The van der Waals surface area contributed by atoms with Gasteiger partial charge in [0.1, 0.15) is 18.3 Å². The van der Waals surface area contributed by atoms with Gasteiger partial charge in [-0.1, -0.05) is 17.7 Å². The van der Waals surface area contributed by atoms with Crippen molar-refractivity contribution in [2.75, 3.05) is 18.9 Å². The van der Waals surface area contributed by atoms with E-state index in [0.29, 0.717) is 23.4 Å². The number of thiol groups is 1. The van der Waals surface area contributed by atoms with Crippen molar-refractivity contribution in [2.45, 2.75) is 42.3 Å². The van der Waals surface area contributed by atoms with E-state index in [1.54, 1.807) is 12.3 Å². The summed E-state index contributed by atoms with van der Waals surface area (Å²) in [6.45, 7) is 1.93. The molecule has 2 unspecified atom stereocenters. The fraction of sp³-hybridized carbons (Fsp3) is 0.360. The Bertz CT molecular complexity index is 1310. The summed E-state index contributed by atoms with van der Waals surface area (Å²) in [6, 6.07) is 8.57. The number of ether oxygens (including phenoxy) is 3. The van der Waals surface area contributed by atoms with Crippen molar-refractivity contribution in [3.05, 3.63) is 70.6 Å². The fourth-order valence-corrected chi connectivity index (χ4v) is 5.23. The molecule has 0 aliphatic carbocycles. The van der Waals surface area contributed by atoms with Gasteiger partial charge in [0.2, 0.25) is 0 Å². The smallest absolute Gasteiger partial charge is 0.416 e. The van der Waals surface area contributed by atoms with Crippen LogP contribution >= 0.6 is 24.2 Å². The number of pyridine rings is 2. The van der Waals surface area contributed by atoms with Crippen LogP contribution in [0.2, 0.25) is 5.02 Å². The fourth-order valence-electron chi connectivity index (χ4n) is 4.64. The number of anilines is 1. The highest BCUT2D eigenvalue weighted by Gasteiger charge is 2.58. The molecule has 5 atom stereocenters. The molecule has 196 valence electrons. The van der Waals surface area contributed by atoms with Gasteiger partial charge in [-0.15, -0.1) is 12.6 Å². The molecule has 2 fully saturated rings. The molecule has 0 saturated carbocycles. The largest absolute Gasteiger partial charge is 0.482 e. The molecule has 37 heavy (non-hydrogen) atoms. The summed E-state index contributed by atoms with van der Waals surface area (Å²) in [7, 11) is 0. The third-order valence-electron chi connectivity index (χ3n) is 6.62. The van der Waals surface area contributed by atoms with Crippen LogP contribution in [0.5, 0.6) is 5.75 Å². The molecule has 2 saturated heterocycles. The first-order chi connectivity index (χ1) is 17.5. The number of aliphatic hydroxyl groups is 1. The predicted octanol–water partition coefficient (Wildman–Crippen LogP) is 5.04. The number of nitrogen functional groups attached to an aromatic ring is 1. The SMILES string of the molecule is CC(Oc1cc(-c2ccc(C3CO[C@]4(S)[C@H](O)CO[C@H]34)nc2)cnc1N)c1cc(Cl)ccc1C(F)(F)F. The Morgan fingerprint density at radius 3 is 2.62 bits per heavy atom. The van der Waals surface area contributed by atoms with E-state index < -0.39 is 35.0 Å². The standard InChI is InChI=1S/C25H23ClF3N3O4S/c1-12(16-7-15(26)3-4-18(16)25(27,28)29)36-20-6-14(9-32-23(20)30)13-2-5-19(31-8-13)17-10-35-24(37)21(33)11-34-22(17)24/h2-9,12,17,21-22,33,37H,10-11H2,1H3,(H2,30,32)/t12?,17?,21-,22-,24+/m1/s1. The third-order valence-corrected chi connectivity index (χ3v) is 7.54. The van der Waals surface area contributed by atoms with Crippen LogP contribution in [0, 0.1) is 0 Å². The molecule has 5 rings (SSSR count). The highest BCUT2D eigenvalue weighted by atomic mass is 35.5. The molecule has 4 heterocycles. The summed E-state index contributed by atoms with van der Waals surface area (Å²) < 4.78 is 57.8. The lowest BCUT2D eigenvalue weighted by Crippen LogP contribution is -2.40. The first-order valence-electron chi connectivity index (χ1n) is 11.4. The van der Waals surface area contributed by atoms with Crippen molar-refractivity contribution in [3.63, 3.8) is 0 Å². The Kier molecular flexibility index (Phi) is 6.78. The summed E-state index contributed by atoms with van der Waals surface area (Å²) in [6.07, 6.45) is -3.69. The zero-order valence-electron chi connectivity index (χ0n) is 19.4. The minimum atomic E-state index is -4.57. The number of aromatic nitrogens is 2. The van der Waals surface area contributed by atoms with E-state index in [-0.39, 0.29) is 34.7 Å². The first kappa shape index (κ1) is 26.1. The van der Waals surface area contributed by atoms with E-state index in [4.69, 9.17) is 31.5 Å². The van der Waals surface area contributed by atoms with E-state index >= 15 is 0 Å². The van der Waals surface area contributed by atoms with E-state index in [0.717, 1.165) is 6.07 Å². The third kappa shape index (κ3) is 4.86. The topological polar surface area (TPSA) is 99.7 Å². The number of nitrogens with zero attached hydrogens (tertiary/aromatic N) is 2. The summed E-state index contributed by atoms with van der Waals surface area (Å²) >= 11 is 10.4. The molecule has 0 amide bonds. The second-order valence-electron chi connectivity index (χ2n) is 9.01. The molecule has 2 aliphatic heterocycles. The number of alkyl halides is 3. The van der Waals surface area contributed by atoms with Crippen LogP contribution in [0.4, 0.5) is 19.0 Å². The summed E-state index contributed by atoms with van der Waals surface area (Å²) in [5, 5.41) is 10.3. The average Bonchev–Trinajstić information content (AvgIpc) is 3.34. The lowest BCUT2D eigenvalue weighted by atomic mass is 9.96. The zero-order valence-corrected chi connectivity index (χ0v) is 21.1. The molecule has 7 nitrogen and oxygen atoms in total. The van der Waals surface area contributed by atoms with Crippen LogP contribution in [-0.4, -0.2) is 45.4 Å².